The van der Waals surface area contributed by atoms with Crippen molar-refractivity contribution in [3.05, 3.63) is 64.0 Å². The third-order valence-electron chi connectivity index (χ3n) is 6.30. The highest BCUT2D eigenvalue weighted by Gasteiger charge is 2.24. The molecule has 2 aromatic carbocycles. The van der Waals surface area contributed by atoms with Crippen LogP contribution in [0.3, 0.4) is 0 Å². The van der Waals surface area contributed by atoms with Crippen molar-refractivity contribution in [1.82, 2.24) is 9.78 Å². The smallest absolute Gasteiger partial charge is 0.333 e. The van der Waals surface area contributed by atoms with Crippen molar-refractivity contribution in [2.24, 2.45) is 0 Å². The monoisotopic (exact) mass is 439 g/mol. The second kappa shape index (κ2) is 8.73. The molecule has 0 unspecified atom stereocenters. The van der Waals surface area contributed by atoms with E-state index in [0.29, 0.717) is 31.0 Å². The molecule has 1 N–H and O–H groups in total. The molecule has 0 fully saturated rings. The van der Waals surface area contributed by atoms with Crippen molar-refractivity contribution in [1.29, 1.82) is 0 Å². The lowest BCUT2D eigenvalue weighted by Gasteiger charge is -2.17. The molecule has 1 aromatic heterocycles. The SMILES string of the molecule is Cc1ccc(CNc2ccc3c(c2)OC[C@H]3CC=O)c(C)c1-c1c(C)nn(C(F)F)c1C. The predicted octanol–water partition coefficient (Wildman–Crippen LogP) is 5.86. The van der Waals surface area contributed by atoms with E-state index in [4.69, 9.17) is 4.74 Å². The van der Waals surface area contributed by atoms with Gasteiger partial charge in [0.1, 0.15) is 12.0 Å². The molecule has 2 heterocycles. The molecule has 0 radical (unpaired) electrons. The standard InChI is InChI=1S/C25H27F2N3O2/c1-14-5-6-18(15(2)23(14)24-16(3)29-30(17(24)4)25(26)27)12-28-20-7-8-21-19(9-10-31)13-32-22(21)11-20/h5-8,10-11,19,25,28H,9,12-13H2,1-4H3/t19-/m1/s1. The number of ether oxygens (including phenoxy) is 1. The van der Waals surface area contributed by atoms with Crippen LogP contribution in [0.25, 0.3) is 11.1 Å². The number of hydrogen-bond acceptors (Lipinski definition) is 4. The van der Waals surface area contributed by atoms with Gasteiger partial charge in [0, 0.05) is 47.5 Å². The van der Waals surface area contributed by atoms with Crippen LogP contribution in [0, 0.1) is 27.7 Å². The predicted molar refractivity (Wildman–Crippen MR) is 121 cm³/mol. The number of carbonyl (C=O) groups excluding carboxylic acids is 1. The summed E-state index contributed by atoms with van der Waals surface area (Å²) in [6.45, 7) is 5.92. The number of alkyl halides is 2. The first-order chi connectivity index (χ1) is 15.3. The van der Waals surface area contributed by atoms with Gasteiger partial charge in [-0.05, 0) is 56.0 Å². The van der Waals surface area contributed by atoms with Gasteiger partial charge >= 0.3 is 6.55 Å². The summed E-state index contributed by atoms with van der Waals surface area (Å²) in [5, 5.41) is 7.50. The Morgan fingerprint density at radius 1 is 1.19 bits per heavy atom. The number of aldehydes is 1. The molecule has 0 saturated heterocycles. The highest BCUT2D eigenvalue weighted by atomic mass is 19.3. The van der Waals surface area contributed by atoms with Crippen molar-refractivity contribution >= 4 is 12.0 Å². The summed E-state index contributed by atoms with van der Waals surface area (Å²) < 4.78 is 33.2. The van der Waals surface area contributed by atoms with Crippen LogP contribution >= 0.6 is 0 Å². The summed E-state index contributed by atoms with van der Waals surface area (Å²) in [5.41, 5.74) is 7.94. The average Bonchev–Trinajstić information content (AvgIpc) is 3.29. The van der Waals surface area contributed by atoms with Crippen LogP contribution in [-0.4, -0.2) is 22.7 Å². The van der Waals surface area contributed by atoms with Gasteiger partial charge in [-0.25, -0.2) is 4.68 Å². The molecule has 1 atom stereocenters. The summed E-state index contributed by atoms with van der Waals surface area (Å²) in [6.07, 6.45) is 1.40. The number of halogens is 2. The van der Waals surface area contributed by atoms with Crippen molar-refractivity contribution < 1.29 is 18.3 Å². The minimum absolute atomic E-state index is 0.124. The van der Waals surface area contributed by atoms with Gasteiger partial charge in [-0.3, -0.25) is 0 Å². The maximum atomic E-state index is 13.4. The van der Waals surface area contributed by atoms with Gasteiger partial charge < -0.3 is 14.8 Å². The molecule has 0 saturated carbocycles. The van der Waals surface area contributed by atoms with E-state index in [0.717, 1.165) is 55.8 Å². The fraction of sp³-hybridized carbons (Fsp3) is 0.360. The molecule has 1 aliphatic heterocycles. The van der Waals surface area contributed by atoms with Crippen molar-refractivity contribution in [3.63, 3.8) is 0 Å². The minimum Gasteiger partial charge on any atom is -0.493 e. The molecule has 0 bridgehead atoms. The maximum Gasteiger partial charge on any atom is 0.333 e. The van der Waals surface area contributed by atoms with E-state index in [2.05, 4.69) is 16.5 Å². The number of benzene rings is 2. The van der Waals surface area contributed by atoms with Crippen molar-refractivity contribution in [2.75, 3.05) is 11.9 Å². The Kier molecular flexibility index (Phi) is 6.00. The minimum atomic E-state index is -2.67. The molecule has 0 spiro atoms. The Bertz CT molecular complexity index is 1170. The number of aryl methyl sites for hydroxylation is 2. The first kappa shape index (κ1) is 22.0. The molecule has 7 heteroatoms. The second-order valence-corrected chi connectivity index (χ2v) is 8.33. The van der Waals surface area contributed by atoms with E-state index in [1.807, 2.05) is 38.1 Å². The summed E-state index contributed by atoms with van der Waals surface area (Å²) >= 11 is 0. The number of anilines is 1. The molecule has 0 amide bonds. The van der Waals surface area contributed by atoms with Crippen molar-refractivity contribution in [2.45, 2.75) is 53.1 Å². The molecular weight excluding hydrogens is 412 g/mol. The van der Waals surface area contributed by atoms with Gasteiger partial charge in [-0.1, -0.05) is 18.2 Å². The number of nitrogens with one attached hydrogen (secondary N) is 1. The number of nitrogens with zero attached hydrogens (tertiary/aromatic N) is 2. The van der Waals surface area contributed by atoms with Crippen LogP contribution in [0.5, 0.6) is 5.75 Å². The Labute approximate surface area is 186 Å². The van der Waals surface area contributed by atoms with Crippen molar-refractivity contribution in [3.8, 4) is 16.9 Å². The molecule has 4 rings (SSSR count). The molecule has 3 aromatic rings. The normalized spacial score (nSPS) is 15.0. The fourth-order valence-electron chi connectivity index (χ4n) is 4.58. The number of aromatic nitrogens is 2. The quantitative estimate of drug-likeness (QED) is 0.469. The van der Waals surface area contributed by atoms with E-state index in [9.17, 15) is 13.6 Å². The second-order valence-electron chi connectivity index (χ2n) is 8.33. The van der Waals surface area contributed by atoms with Crippen LogP contribution in [0.2, 0.25) is 0 Å². The van der Waals surface area contributed by atoms with Crippen LogP contribution in [0.4, 0.5) is 14.5 Å². The fourth-order valence-corrected chi connectivity index (χ4v) is 4.58. The summed E-state index contributed by atoms with van der Waals surface area (Å²) in [7, 11) is 0. The van der Waals surface area contributed by atoms with E-state index in [-0.39, 0.29) is 5.92 Å². The van der Waals surface area contributed by atoms with Crippen LogP contribution in [-0.2, 0) is 11.3 Å². The lowest BCUT2D eigenvalue weighted by Crippen LogP contribution is -2.05. The highest BCUT2D eigenvalue weighted by molar-refractivity contribution is 5.76. The van der Waals surface area contributed by atoms with Gasteiger partial charge in [-0.15, -0.1) is 0 Å². The molecular formula is C25H27F2N3O2. The summed E-state index contributed by atoms with van der Waals surface area (Å²) in [6, 6.07) is 10.1. The van der Waals surface area contributed by atoms with Crippen LogP contribution in [0.1, 0.15) is 52.5 Å². The number of hydrogen-bond donors (Lipinski definition) is 1. The van der Waals surface area contributed by atoms with Gasteiger partial charge in [0.25, 0.3) is 0 Å². The Balaban J connectivity index is 1.60. The highest BCUT2D eigenvalue weighted by Crippen LogP contribution is 2.38. The topological polar surface area (TPSA) is 56.1 Å². The first-order valence-corrected chi connectivity index (χ1v) is 10.7. The lowest BCUT2D eigenvalue weighted by atomic mass is 9.91. The Morgan fingerprint density at radius 2 is 1.97 bits per heavy atom. The van der Waals surface area contributed by atoms with E-state index >= 15 is 0 Å². The van der Waals surface area contributed by atoms with Gasteiger partial charge in [-0.2, -0.15) is 13.9 Å². The Hall–Kier alpha value is -3.22. The summed E-state index contributed by atoms with van der Waals surface area (Å²) in [4.78, 5) is 10.8. The molecule has 5 nitrogen and oxygen atoms in total. The maximum absolute atomic E-state index is 13.4. The third-order valence-corrected chi connectivity index (χ3v) is 6.30. The molecule has 168 valence electrons. The van der Waals surface area contributed by atoms with Gasteiger partial charge in [0.05, 0.1) is 12.3 Å². The summed E-state index contributed by atoms with van der Waals surface area (Å²) in [5.74, 6) is 0.938. The zero-order valence-corrected chi connectivity index (χ0v) is 18.7. The zero-order chi connectivity index (χ0) is 23.0. The van der Waals surface area contributed by atoms with Gasteiger partial charge in [0.15, 0.2) is 0 Å². The number of rotatable bonds is 7. The van der Waals surface area contributed by atoms with Crippen LogP contribution in [0.15, 0.2) is 30.3 Å². The van der Waals surface area contributed by atoms with E-state index in [1.165, 1.54) is 0 Å². The number of carbonyl (C=O) groups is 1. The largest absolute Gasteiger partial charge is 0.493 e. The zero-order valence-electron chi connectivity index (χ0n) is 18.7. The molecule has 0 aliphatic carbocycles. The van der Waals surface area contributed by atoms with Crippen LogP contribution < -0.4 is 10.1 Å². The lowest BCUT2D eigenvalue weighted by molar-refractivity contribution is -0.108. The molecule has 1 aliphatic rings. The Morgan fingerprint density at radius 3 is 2.66 bits per heavy atom. The first-order valence-electron chi connectivity index (χ1n) is 10.7. The average molecular weight is 440 g/mol. The third kappa shape index (κ3) is 3.87. The number of fused-ring (bicyclic) bond motifs is 1. The van der Waals surface area contributed by atoms with Gasteiger partial charge in [0.2, 0.25) is 0 Å². The van der Waals surface area contributed by atoms with E-state index in [1.54, 1.807) is 13.8 Å². The van der Waals surface area contributed by atoms with E-state index < -0.39 is 6.55 Å². The molecule has 32 heavy (non-hydrogen) atoms.